The summed E-state index contributed by atoms with van der Waals surface area (Å²) in [7, 11) is 2.59. The molecule has 8 heteroatoms. The maximum atomic E-state index is 11.2. The zero-order valence-electron chi connectivity index (χ0n) is 16.4. The number of methoxy groups -OCH3 is 1. The monoisotopic (exact) mass is 388 g/mol. The lowest BCUT2D eigenvalue weighted by Gasteiger charge is -2.13. The third-order valence-electron chi connectivity index (χ3n) is 3.18. The molecule has 0 aromatic heterocycles. The Morgan fingerprint density at radius 1 is 1.08 bits per heavy atom. The van der Waals surface area contributed by atoms with E-state index in [1.54, 1.807) is 6.92 Å². The molecule has 1 aliphatic carbocycles. The average Bonchev–Trinajstić information content (AvgIpc) is 2.65. The highest BCUT2D eigenvalue weighted by Gasteiger charge is 2.19. The summed E-state index contributed by atoms with van der Waals surface area (Å²) < 4.78 is 4.48. The van der Waals surface area contributed by atoms with Crippen molar-refractivity contribution in [1.82, 2.24) is 4.90 Å². The minimum Gasteiger partial charge on any atom is -0.465 e. The summed E-state index contributed by atoms with van der Waals surface area (Å²) in [5.74, 6) is -0.890. The van der Waals surface area contributed by atoms with E-state index >= 15 is 0 Å². The topological polar surface area (TPSA) is 85.3 Å². The maximum Gasteiger partial charge on any atom is 0.340 e. The summed E-state index contributed by atoms with van der Waals surface area (Å²) in [6, 6.07) is 0. The Balaban J connectivity index is 0. The van der Waals surface area contributed by atoms with Gasteiger partial charge in [-0.1, -0.05) is 32.9 Å². The summed E-state index contributed by atoms with van der Waals surface area (Å²) in [5.41, 5.74) is 0.376. The number of carbonyl (C=O) groups excluding carboxylic acids is 3. The molecule has 1 aliphatic rings. The molecular weight excluding hydrogens is 360 g/mol. The summed E-state index contributed by atoms with van der Waals surface area (Å²) >= 11 is 4.82. The van der Waals surface area contributed by atoms with E-state index in [4.69, 9.17) is 11.6 Å². The normalized spacial score (nSPS) is 13.9. The van der Waals surface area contributed by atoms with Crippen molar-refractivity contribution in [3.8, 4) is 0 Å². The van der Waals surface area contributed by atoms with E-state index < -0.39 is 5.97 Å². The number of hydrogen-bond acceptors (Lipinski definition) is 7. The summed E-state index contributed by atoms with van der Waals surface area (Å²) in [6.07, 6.45) is 4.29. The summed E-state index contributed by atoms with van der Waals surface area (Å²) in [5, 5.41) is 3.30. The number of halogens is 1. The van der Waals surface area contributed by atoms with Crippen molar-refractivity contribution in [2.45, 2.75) is 34.1 Å². The molecule has 26 heavy (non-hydrogen) atoms. The Hall–Kier alpha value is -1.99. The fourth-order valence-electron chi connectivity index (χ4n) is 1.64. The van der Waals surface area contributed by atoms with Crippen LogP contribution < -0.4 is 0 Å². The average molecular weight is 389 g/mol. The van der Waals surface area contributed by atoms with Gasteiger partial charge in [-0.2, -0.15) is 0 Å². The predicted octanol–water partition coefficient (Wildman–Crippen LogP) is 2.74. The molecule has 0 heterocycles. The standard InChI is InChI=1S/C9H9NO4.C6H15N.C3H5ClO/c1-13-9(12)7-5-6(11)3-4-8(7)10-14-2;1-4-7(5-2)6-3;1-2-3(4)5/h3-5H,1-2H3;4-6H2,1-3H3;2H2,1H3/b10-8-;;. The number of oxime groups is 1. The van der Waals surface area contributed by atoms with E-state index in [-0.39, 0.29) is 22.3 Å². The molecule has 0 aliphatic heterocycles. The highest BCUT2D eigenvalue weighted by molar-refractivity contribution is 6.63. The zero-order chi connectivity index (χ0) is 20.5. The van der Waals surface area contributed by atoms with Gasteiger partial charge in [-0.15, -0.1) is 0 Å². The molecular formula is C18H29ClN2O5. The van der Waals surface area contributed by atoms with E-state index in [2.05, 4.69) is 40.4 Å². The number of ether oxygens (including phenoxy) is 1. The number of esters is 1. The van der Waals surface area contributed by atoms with Gasteiger partial charge in [-0.25, -0.2) is 4.79 Å². The van der Waals surface area contributed by atoms with Crippen molar-refractivity contribution >= 4 is 34.3 Å². The molecule has 0 aromatic rings. The molecule has 0 amide bonds. The van der Waals surface area contributed by atoms with E-state index in [9.17, 15) is 14.4 Å². The Labute approximate surface area is 160 Å². The van der Waals surface area contributed by atoms with Crippen LogP contribution in [0.2, 0.25) is 0 Å². The molecule has 0 spiro atoms. The Bertz CT molecular complexity index is 532. The van der Waals surface area contributed by atoms with Gasteiger partial charge in [0.15, 0.2) is 5.78 Å². The minimum absolute atomic E-state index is 0.0989. The lowest BCUT2D eigenvalue weighted by molar-refractivity contribution is -0.135. The van der Waals surface area contributed by atoms with Crippen LogP contribution in [0.5, 0.6) is 0 Å². The second-order valence-electron chi connectivity index (χ2n) is 4.77. The molecule has 0 N–H and O–H groups in total. The van der Waals surface area contributed by atoms with E-state index in [0.717, 1.165) is 6.08 Å². The van der Waals surface area contributed by atoms with Crippen LogP contribution in [0.25, 0.3) is 0 Å². The first-order valence-corrected chi connectivity index (χ1v) is 8.72. The number of ketones is 1. The number of allylic oxidation sites excluding steroid dienone is 3. The number of nitrogens with zero attached hydrogens (tertiary/aromatic N) is 2. The van der Waals surface area contributed by atoms with Gasteiger partial charge in [-0.05, 0) is 43.4 Å². The zero-order valence-corrected chi connectivity index (χ0v) is 17.1. The molecule has 0 bridgehead atoms. The van der Waals surface area contributed by atoms with Crippen LogP contribution in [0, 0.1) is 0 Å². The Morgan fingerprint density at radius 3 is 1.88 bits per heavy atom. The van der Waals surface area contributed by atoms with Crippen LogP contribution in [-0.2, 0) is 24.0 Å². The molecule has 148 valence electrons. The van der Waals surface area contributed by atoms with Gasteiger partial charge >= 0.3 is 5.97 Å². The molecule has 1 rings (SSSR count). The molecule has 0 fully saturated rings. The highest BCUT2D eigenvalue weighted by atomic mass is 35.5. The molecule has 7 nitrogen and oxygen atoms in total. The lowest BCUT2D eigenvalue weighted by Crippen LogP contribution is -2.21. The second-order valence-corrected chi connectivity index (χ2v) is 5.19. The van der Waals surface area contributed by atoms with Crippen LogP contribution in [0.15, 0.2) is 29.0 Å². The third-order valence-corrected chi connectivity index (χ3v) is 3.45. The molecule has 0 saturated carbocycles. The molecule has 0 atom stereocenters. The first kappa shape index (κ1) is 26.2. The number of hydrogen-bond donors (Lipinski definition) is 0. The van der Waals surface area contributed by atoms with Gasteiger partial charge in [0.2, 0.25) is 5.24 Å². The third kappa shape index (κ3) is 12.4. The molecule has 0 radical (unpaired) electrons. The van der Waals surface area contributed by atoms with Gasteiger partial charge < -0.3 is 14.5 Å². The summed E-state index contributed by atoms with van der Waals surface area (Å²) in [4.78, 5) is 38.6. The molecule has 0 saturated heterocycles. The van der Waals surface area contributed by atoms with Gasteiger partial charge in [-0.3, -0.25) is 9.59 Å². The maximum absolute atomic E-state index is 11.2. The van der Waals surface area contributed by atoms with Crippen LogP contribution in [0.4, 0.5) is 0 Å². The minimum atomic E-state index is -0.612. The van der Waals surface area contributed by atoms with Crippen molar-refractivity contribution in [2.24, 2.45) is 5.16 Å². The second kappa shape index (κ2) is 16.5. The SMILES string of the molecule is CCC(=O)Cl.CCN(CC)CC.CO/N=C1/C=CC(=O)C=C1C(=O)OC. The number of carbonyl (C=O) groups is 3. The quantitative estimate of drug-likeness (QED) is 0.301. The number of rotatable bonds is 6. The van der Waals surface area contributed by atoms with E-state index in [1.165, 1.54) is 46.0 Å². The van der Waals surface area contributed by atoms with Gasteiger partial charge in [0.05, 0.1) is 12.7 Å². The highest BCUT2D eigenvalue weighted by Crippen LogP contribution is 2.09. The fraction of sp³-hybridized carbons (Fsp3) is 0.556. The molecule has 0 aromatic carbocycles. The Morgan fingerprint density at radius 2 is 1.58 bits per heavy atom. The van der Waals surface area contributed by atoms with Crippen molar-refractivity contribution < 1.29 is 24.0 Å². The fourth-order valence-corrected chi connectivity index (χ4v) is 1.64. The largest absolute Gasteiger partial charge is 0.465 e. The molecule has 0 unspecified atom stereocenters. The van der Waals surface area contributed by atoms with Crippen LogP contribution >= 0.6 is 11.6 Å². The van der Waals surface area contributed by atoms with Gasteiger partial charge in [0.25, 0.3) is 0 Å². The van der Waals surface area contributed by atoms with Crippen molar-refractivity contribution in [3.05, 3.63) is 23.8 Å². The first-order chi connectivity index (χ1) is 12.3. The summed E-state index contributed by atoms with van der Waals surface area (Å²) in [6.45, 7) is 11.8. The smallest absolute Gasteiger partial charge is 0.340 e. The van der Waals surface area contributed by atoms with Crippen LogP contribution in [0.1, 0.15) is 34.1 Å². The van der Waals surface area contributed by atoms with Crippen LogP contribution in [-0.4, -0.2) is 61.5 Å². The van der Waals surface area contributed by atoms with Crippen molar-refractivity contribution in [2.75, 3.05) is 33.9 Å². The van der Waals surface area contributed by atoms with Crippen molar-refractivity contribution in [1.29, 1.82) is 0 Å². The van der Waals surface area contributed by atoms with E-state index in [0.29, 0.717) is 6.42 Å². The predicted molar refractivity (Wildman–Crippen MR) is 103 cm³/mol. The van der Waals surface area contributed by atoms with Gasteiger partial charge in [0.1, 0.15) is 12.8 Å². The lowest BCUT2D eigenvalue weighted by atomic mass is 10.0. The first-order valence-electron chi connectivity index (χ1n) is 8.35. The van der Waals surface area contributed by atoms with Crippen molar-refractivity contribution in [3.63, 3.8) is 0 Å². The van der Waals surface area contributed by atoms with E-state index in [1.807, 2.05) is 0 Å². The Kier molecular flexibility index (Phi) is 16.6. The van der Waals surface area contributed by atoms with Crippen LogP contribution in [0.3, 0.4) is 0 Å². The van der Waals surface area contributed by atoms with Gasteiger partial charge in [0, 0.05) is 12.5 Å².